The second-order valence-electron chi connectivity index (χ2n) is 6.45. The Morgan fingerprint density at radius 2 is 2.04 bits per heavy atom. The number of hydrogen-bond acceptors (Lipinski definition) is 7. The molecule has 2 fully saturated rings. The number of aromatic nitrogens is 1. The maximum absolute atomic E-state index is 10.6. The number of rotatable bonds is 7. The van der Waals surface area contributed by atoms with Gasteiger partial charge in [-0.25, -0.2) is 4.98 Å². The van der Waals surface area contributed by atoms with Gasteiger partial charge in [0.15, 0.2) is 0 Å². The van der Waals surface area contributed by atoms with E-state index in [9.17, 15) is 10.1 Å². The topological polar surface area (TPSA) is 83.8 Å². The van der Waals surface area contributed by atoms with Crippen molar-refractivity contribution in [3.05, 3.63) is 28.4 Å². The van der Waals surface area contributed by atoms with E-state index in [1.807, 2.05) is 0 Å². The standard InChI is InChI=1S/C16H25N5O3/c22-21(23)15-1-2-16(18-12-15)17-11-14-3-4-20(13-14)6-5-19-7-9-24-10-8-19/h1-2,12,14H,3-11,13H2,(H,17,18). The molecule has 0 amide bonds. The van der Waals surface area contributed by atoms with E-state index in [0.717, 1.165) is 59.0 Å². The number of hydrogen-bond donors (Lipinski definition) is 1. The Labute approximate surface area is 141 Å². The number of anilines is 1. The lowest BCUT2D eigenvalue weighted by molar-refractivity contribution is -0.385. The highest BCUT2D eigenvalue weighted by molar-refractivity contribution is 5.40. The summed E-state index contributed by atoms with van der Waals surface area (Å²) in [5.41, 5.74) is 0.0238. The molecule has 2 aliphatic rings. The van der Waals surface area contributed by atoms with Gasteiger partial charge >= 0.3 is 0 Å². The van der Waals surface area contributed by atoms with Crippen LogP contribution in [0, 0.1) is 16.0 Å². The van der Waals surface area contributed by atoms with Gasteiger partial charge in [0, 0.05) is 45.3 Å². The average molecular weight is 335 g/mol. The Bertz CT molecular complexity index is 533. The predicted octanol–water partition coefficient (Wildman–Crippen LogP) is 1.06. The fraction of sp³-hybridized carbons (Fsp3) is 0.688. The van der Waals surface area contributed by atoms with Crippen LogP contribution in [0.25, 0.3) is 0 Å². The van der Waals surface area contributed by atoms with Crippen LogP contribution < -0.4 is 5.32 Å². The molecule has 0 saturated carbocycles. The minimum atomic E-state index is -0.430. The van der Waals surface area contributed by atoms with Crippen LogP contribution in [-0.2, 0) is 4.74 Å². The number of likely N-dealkylation sites (tertiary alicyclic amines) is 1. The van der Waals surface area contributed by atoms with Crippen molar-refractivity contribution in [1.29, 1.82) is 0 Å². The van der Waals surface area contributed by atoms with Crippen molar-refractivity contribution >= 4 is 11.5 Å². The summed E-state index contributed by atoms with van der Waals surface area (Å²) in [4.78, 5) is 19.3. The van der Waals surface area contributed by atoms with Gasteiger partial charge < -0.3 is 15.0 Å². The molecule has 8 nitrogen and oxygen atoms in total. The molecule has 3 rings (SSSR count). The molecule has 3 heterocycles. The first kappa shape index (κ1) is 17.1. The number of nitrogens with zero attached hydrogens (tertiary/aromatic N) is 4. The van der Waals surface area contributed by atoms with Gasteiger partial charge in [-0.2, -0.15) is 0 Å². The third kappa shape index (κ3) is 4.86. The molecule has 1 unspecified atom stereocenters. The largest absolute Gasteiger partial charge is 0.379 e. The zero-order valence-electron chi connectivity index (χ0n) is 13.9. The summed E-state index contributed by atoms with van der Waals surface area (Å²) in [6.07, 6.45) is 2.48. The van der Waals surface area contributed by atoms with Gasteiger partial charge in [0.25, 0.3) is 5.69 Å². The van der Waals surface area contributed by atoms with Crippen LogP contribution in [0.3, 0.4) is 0 Å². The molecule has 0 aliphatic carbocycles. The van der Waals surface area contributed by atoms with E-state index in [2.05, 4.69) is 20.1 Å². The van der Waals surface area contributed by atoms with Crippen molar-refractivity contribution in [2.24, 2.45) is 5.92 Å². The highest BCUT2D eigenvalue weighted by Gasteiger charge is 2.23. The summed E-state index contributed by atoms with van der Waals surface area (Å²) in [5.74, 6) is 1.30. The lowest BCUT2D eigenvalue weighted by Gasteiger charge is -2.28. The second kappa shape index (κ2) is 8.36. The molecule has 1 aromatic heterocycles. The first-order valence-corrected chi connectivity index (χ1v) is 8.57. The average Bonchev–Trinajstić information content (AvgIpc) is 3.07. The molecule has 1 atom stereocenters. The Hall–Kier alpha value is -1.77. The Morgan fingerprint density at radius 3 is 2.75 bits per heavy atom. The quantitative estimate of drug-likeness (QED) is 0.589. The van der Waals surface area contributed by atoms with E-state index >= 15 is 0 Å². The minimum absolute atomic E-state index is 0.0238. The van der Waals surface area contributed by atoms with E-state index in [1.165, 1.54) is 18.7 Å². The Balaban J connectivity index is 1.35. The summed E-state index contributed by atoms with van der Waals surface area (Å²) in [5, 5.41) is 13.9. The Kier molecular flexibility index (Phi) is 5.95. The van der Waals surface area contributed by atoms with Crippen molar-refractivity contribution in [3.63, 3.8) is 0 Å². The van der Waals surface area contributed by atoms with Crippen LogP contribution in [-0.4, -0.2) is 78.7 Å². The smallest absolute Gasteiger partial charge is 0.287 e. The first-order valence-electron chi connectivity index (χ1n) is 8.57. The van der Waals surface area contributed by atoms with E-state index in [4.69, 9.17) is 4.74 Å². The number of pyridine rings is 1. The van der Waals surface area contributed by atoms with Gasteiger partial charge in [0.05, 0.1) is 18.1 Å². The molecular formula is C16H25N5O3. The fourth-order valence-corrected chi connectivity index (χ4v) is 3.24. The molecule has 0 radical (unpaired) electrons. The first-order chi connectivity index (χ1) is 11.7. The van der Waals surface area contributed by atoms with Crippen LogP contribution in [0.4, 0.5) is 11.5 Å². The number of morpholine rings is 1. The lowest BCUT2D eigenvalue weighted by Crippen LogP contribution is -2.41. The molecule has 1 N–H and O–H groups in total. The van der Waals surface area contributed by atoms with Crippen molar-refractivity contribution < 1.29 is 9.66 Å². The minimum Gasteiger partial charge on any atom is -0.379 e. The van der Waals surface area contributed by atoms with Crippen LogP contribution >= 0.6 is 0 Å². The van der Waals surface area contributed by atoms with Crippen molar-refractivity contribution in [3.8, 4) is 0 Å². The Morgan fingerprint density at radius 1 is 1.25 bits per heavy atom. The zero-order chi connectivity index (χ0) is 16.8. The molecule has 0 aromatic carbocycles. The molecule has 24 heavy (non-hydrogen) atoms. The molecule has 0 spiro atoms. The van der Waals surface area contributed by atoms with E-state index in [-0.39, 0.29) is 5.69 Å². The third-order valence-corrected chi connectivity index (χ3v) is 4.74. The van der Waals surface area contributed by atoms with Crippen molar-refractivity contribution in [1.82, 2.24) is 14.8 Å². The number of ether oxygens (including phenoxy) is 1. The van der Waals surface area contributed by atoms with Gasteiger partial charge in [0.2, 0.25) is 0 Å². The van der Waals surface area contributed by atoms with E-state index in [0.29, 0.717) is 11.7 Å². The summed E-state index contributed by atoms with van der Waals surface area (Å²) >= 11 is 0. The molecule has 8 heteroatoms. The maximum atomic E-state index is 10.6. The van der Waals surface area contributed by atoms with E-state index < -0.39 is 4.92 Å². The zero-order valence-corrected chi connectivity index (χ0v) is 13.9. The highest BCUT2D eigenvalue weighted by Crippen LogP contribution is 2.18. The number of nitrogens with one attached hydrogen (secondary N) is 1. The van der Waals surface area contributed by atoms with Crippen LogP contribution in [0.1, 0.15) is 6.42 Å². The van der Waals surface area contributed by atoms with Crippen LogP contribution in [0.2, 0.25) is 0 Å². The van der Waals surface area contributed by atoms with Crippen molar-refractivity contribution in [2.75, 3.05) is 64.3 Å². The monoisotopic (exact) mass is 335 g/mol. The second-order valence-corrected chi connectivity index (χ2v) is 6.45. The van der Waals surface area contributed by atoms with Crippen LogP contribution in [0.5, 0.6) is 0 Å². The normalized spacial score (nSPS) is 22.6. The number of nitro groups is 1. The van der Waals surface area contributed by atoms with Gasteiger partial charge in [-0.3, -0.25) is 15.0 Å². The summed E-state index contributed by atoms with van der Waals surface area (Å²) in [6, 6.07) is 3.15. The summed E-state index contributed by atoms with van der Waals surface area (Å²) in [6.45, 7) is 9.14. The maximum Gasteiger partial charge on any atom is 0.287 e. The van der Waals surface area contributed by atoms with E-state index in [1.54, 1.807) is 6.07 Å². The van der Waals surface area contributed by atoms with Gasteiger partial charge in [-0.1, -0.05) is 0 Å². The third-order valence-electron chi connectivity index (χ3n) is 4.74. The molecular weight excluding hydrogens is 310 g/mol. The fourth-order valence-electron chi connectivity index (χ4n) is 3.24. The SMILES string of the molecule is O=[N+]([O-])c1ccc(NCC2CCN(CCN3CCOCC3)C2)nc1. The van der Waals surface area contributed by atoms with Crippen LogP contribution in [0.15, 0.2) is 18.3 Å². The molecule has 2 saturated heterocycles. The molecule has 0 bridgehead atoms. The van der Waals surface area contributed by atoms with Crippen molar-refractivity contribution in [2.45, 2.75) is 6.42 Å². The lowest BCUT2D eigenvalue weighted by atomic mass is 10.1. The van der Waals surface area contributed by atoms with Gasteiger partial charge in [0.1, 0.15) is 12.0 Å². The van der Waals surface area contributed by atoms with Gasteiger partial charge in [-0.05, 0) is 24.9 Å². The highest BCUT2D eigenvalue weighted by atomic mass is 16.6. The predicted molar refractivity (Wildman–Crippen MR) is 91.2 cm³/mol. The summed E-state index contributed by atoms with van der Waals surface area (Å²) in [7, 11) is 0. The molecule has 1 aromatic rings. The summed E-state index contributed by atoms with van der Waals surface area (Å²) < 4.78 is 5.38. The molecule has 132 valence electrons. The van der Waals surface area contributed by atoms with Gasteiger partial charge in [-0.15, -0.1) is 0 Å². The molecule has 2 aliphatic heterocycles.